The van der Waals surface area contributed by atoms with E-state index >= 15 is 0 Å². The Morgan fingerprint density at radius 2 is 2.00 bits per heavy atom. The lowest BCUT2D eigenvalue weighted by molar-refractivity contribution is 0.680. The number of hydrogen-bond acceptors (Lipinski definition) is 3. The topological polar surface area (TPSA) is 30.8 Å². The highest BCUT2D eigenvalue weighted by Gasteiger charge is 2.18. The van der Waals surface area contributed by atoms with E-state index in [4.69, 9.17) is 0 Å². The first-order chi connectivity index (χ1) is 8.81. The van der Waals surface area contributed by atoms with Crippen LogP contribution in [0.3, 0.4) is 0 Å². The van der Waals surface area contributed by atoms with Crippen molar-refractivity contribution >= 4 is 11.4 Å². The zero-order valence-corrected chi connectivity index (χ0v) is 10.5. The molecule has 0 bridgehead atoms. The van der Waals surface area contributed by atoms with Gasteiger partial charge < -0.3 is 0 Å². The highest BCUT2D eigenvalue weighted by atomic mass is 15.5. The second kappa shape index (κ2) is 5.98. The highest BCUT2D eigenvalue weighted by Crippen LogP contribution is 2.17. The minimum atomic E-state index is 0.721. The van der Waals surface area contributed by atoms with Crippen molar-refractivity contribution in [2.75, 3.05) is 12.0 Å². The van der Waals surface area contributed by atoms with Crippen LogP contribution >= 0.6 is 0 Å². The molecule has 1 radical (unpaired) electrons. The van der Waals surface area contributed by atoms with Crippen molar-refractivity contribution in [1.29, 1.82) is 0 Å². The molecular formula is C15H17N3+. The largest absolute Gasteiger partial charge is 0.259 e. The second-order valence-corrected chi connectivity index (χ2v) is 3.98. The number of hydrogen-bond donors (Lipinski definition) is 1. The van der Waals surface area contributed by atoms with E-state index in [1.165, 1.54) is 0 Å². The number of aromatic nitrogens is 1. The summed E-state index contributed by atoms with van der Waals surface area (Å²) in [6.45, 7) is 6.50. The quantitative estimate of drug-likeness (QED) is 0.492. The second-order valence-electron chi connectivity index (χ2n) is 3.98. The molecule has 3 heteroatoms. The van der Waals surface area contributed by atoms with Gasteiger partial charge in [0.1, 0.15) is 5.69 Å². The molecule has 1 aromatic carbocycles. The molecule has 0 fully saturated rings. The lowest BCUT2D eigenvalue weighted by Gasteiger charge is -2.12. The van der Waals surface area contributed by atoms with Gasteiger partial charge in [0.25, 0.3) is 0 Å². The van der Waals surface area contributed by atoms with E-state index in [9.17, 15) is 0 Å². The maximum absolute atomic E-state index is 4.27. The smallest absolute Gasteiger partial charge is 0.209 e. The third-order valence-corrected chi connectivity index (χ3v) is 2.64. The Hall–Kier alpha value is -2.13. The summed E-state index contributed by atoms with van der Waals surface area (Å²) in [4.78, 5) is 4.27. The van der Waals surface area contributed by atoms with Crippen molar-refractivity contribution in [1.82, 2.24) is 9.99 Å². The highest BCUT2D eigenvalue weighted by molar-refractivity contribution is 5.51. The Bertz CT molecular complexity index is 508. The van der Waals surface area contributed by atoms with Crippen LogP contribution in [0.25, 0.3) is 0 Å². The first kappa shape index (κ1) is 12.3. The number of para-hydroxylation sites is 1. The SMILES string of the molecule is C=CC[N+](Nc1cccnc1C)c1ccccc1. The fourth-order valence-electron chi connectivity index (χ4n) is 1.70. The molecule has 1 N–H and O–H groups in total. The van der Waals surface area contributed by atoms with E-state index < -0.39 is 0 Å². The summed E-state index contributed by atoms with van der Waals surface area (Å²) in [6, 6.07) is 14.1. The summed E-state index contributed by atoms with van der Waals surface area (Å²) in [5.74, 6) is 0. The van der Waals surface area contributed by atoms with Crippen LogP contribution in [0.15, 0.2) is 61.3 Å². The Kier molecular flexibility index (Phi) is 4.10. The number of nitrogens with zero attached hydrogens (tertiary/aromatic N) is 2. The van der Waals surface area contributed by atoms with Crippen LogP contribution in [-0.2, 0) is 0 Å². The van der Waals surface area contributed by atoms with Crippen molar-refractivity contribution in [3.05, 3.63) is 67.0 Å². The molecule has 0 aliphatic rings. The van der Waals surface area contributed by atoms with Gasteiger partial charge in [-0.1, -0.05) is 24.8 Å². The van der Waals surface area contributed by atoms with E-state index in [0.717, 1.165) is 23.6 Å². The average Bonchev–Trinajstić information content (AvgIpc) is 2.42. The molecule has 3 nitrogen and oxygen atoms in total. The van der Waals surface area contributed by atoms with Crippen LogP contribution < -0.4 is 10.4 Å². The molecule has 2 aromatic rings. The number of pyridine rings is 1. The maximum atomic E-state index is 4.27. The molecule has 0 saturated carbocycles. The van der Waals surface area contributed by atoms with Crippen molar-refractivity contribution in [2.45, 2.75) is 6.92 Å². The molecule has 0 unspecified atom stereocenters. The Labute approximate surface area is 108 Å². The minimum absolute atomic E-state index is 0.721. The lowest BCUT2D eigenvalue weighted by Crippen LogP contribution is -2.31. The van der Waals surface area contributed by atoms with E-state index in [2.05, 4.69) is 29.1 Å². The molecule has 0 amide bonds. The van der Waals surface area contributed by atoms with E-state index in [0.29, 0.717) is 0 Å². The van der Waals surface area contributed by atoms with Gasteiger partial charge in [0.2, 0.25) is 5.69 Å². The first-order valence-electron chi connectivity index (χ1n) is 5.93. The molecule has 18 heavy (non-hydrogen) atoms. The van der Waals surface area contributed by atoms with Crippen molar-refractivity contribution in [3.8, 4) is 0 Å². The zero-order valence-electron chi connectivity index (χ0n) is 10.5. The summed E-state index contributed by atoms with van der Waals surface area (Å²) in [7, 11) is 0. The van der Waals surface area contributed by atoms with E-state index in [1.807, 2.05) is 48.3 Å². The standard InChI is InChI=1S/C15H17N3/c1-3-12-18(14-8-5-4-6-9-14)17-15-10-7-11-16-13(15)2/h3-11,17H,1,12H2,2H3/q+1. The molecule has 0 atom stereocenters. The van der Waals surface area contributed by atoms with Gasteiger partial charge in [-0.3, -0.25) is 4.98 Å². The third-order valence-electron chi connectivity index (χ3n) is 2.64. The number of anilines is 2. The maximum Gasteiger partial charge on any atom is 0.209 e. The monoisotopic (exact) mass is 239 g/mol. The Morgan fingerprint density at radius 3 is 2.67 bits per heavy atom. The molecule has 0 spiro atoms. The van der Waals surface area contributed by atoms with Crippen LogP contribution in [0.4, 0.5) is 11.4 Å². The summed E-state index contributed by atoms with van der Waals surface area (Å²) in [6.07, 6.45) is 3.66. The van der Waals surface area contributed by atoms with E-state index in [-0.39, 0.29) is 0 Å². The molecule has 1 heterocycles. The van der Waals surface area contributed by atoms with Crippen LogP contribution in [0.1, 0.15) is 5.69 Å². The predicted octanol–water partition coefficient (Wildman–Crippen LogP) is 3.37. The fourth-order valence-corrected chi connectivity index (χ4v) is 1.70. The van der Waals surface area contributed by atoms with Crippen LogP contribution in [0.5, 0.6) is 0 Å². The molecule has 91 valence electrons. The number of nitrogens with one attached hydrogen (secondary N) is 1. The van der Waals surface area contributed by atoms with Crippen molar-refractivity contribution < 1.29 is 0 Å². The van der Waals surface area contributed by atoms with Gasteiger partial charge >= 0.3 is 0 Å². The van der Waals surface area contributed by atoms with Crippen LogP contribution in [-0.4, -0.2) is 11.5 Å². The normalized spacial score (nSPS) is 10.3. The molecular weight excluding hydrogens is 222 g/mol. The summed E-state index contributed by atoms with van der Waals surface area (Å²) >= 11 is 0. The molecule has 2 rings (SSSR count). The van der Waals surface area contributed by atoms with E-state index in [1.54, 1.807) is 6.20 Å². The van der Waals surface area contributed by atoms with Gasteiger partial charge in [-0.2, -0.15) is 5.43 Å². The van der Waals surface area contributed by atoms with Gasteiger partial charge in [0, 0.05) is 18.3 Å². The first-order valence-corrected chi connectivity index (χ1v) is 5.93. The molecule has 0 aliphatic heterocycles. The lowest BCUT2D eigenvalue weighted by atomic mass is 10.3. The predicted molar refractivity (Wildman–Crippen MR) is 75.9 cm³/mol. The Balaban J connectivity index is 2.22. The average molecular weight is 239 g/mol. The van der Waals surface area contributed by atoms with Gasteiger partial charge in [0.15, 0.2) is 6.54 Å². The summed E-state index contributed by atoms with van der Waals surface area (Å²) in [5, 5.41) is 2.04. The van der Waals surface area contributed by atoms with Crippen molar-refractivity contribution in [2.24, 2.45) is 0 Å². The number of hydrazine groups is 1. The van der Waals surface area contributed by atoms with Gasteiger partial charge in [-0.25, -0.2) is 0 Å². The van der Waals surface area contributed by atoms with Crippen molar-refractivity contribution in [3.63, 3.8) is 0 Å². The third kappa shape index (κ3) is 2.96. The van der Waals surface area contributed by atoms with Gasteiger partial charge in [-0.15, -0.1) is 0 Å². The molecule has 0 aliphatic carbocycles. The summed E-state index contributed by atoms with van der Waals surface area (Å²) in [5.41, 5.74) is 6.44. The number of rotatable bonds is 5. The minimum Gasteiger partial charge on any atom is -0.259 e. The summed E-state index contributed by atoms with van der Waals surface area (Å²) < 4.78 is 0. The number of aryl methyl sites for hydroxylation is 1. The van der Waals surface area contributed by atoms with Gasteiger partial charge in [0.05, 0.1) is 5.69 Å². The van der Waals surface area contributed by atoms with Gasteiger partial charge in [-0.05, 0) is 30.1 Å². The molecule has 0 saturated heterocycles. The van der Waals surface area contributed by atoms with Crippen LogP contribution in [0, 0.1) is 6.92 Å². The number of benzene rings is 1. The Morgan fingerprint density at radius 1 is 1.22 bits per heavy atom. The molecule has 1 aromatic heterocycles. The fraction of sp³-hybridized carbons (Fsp3) is 0.133. The van der Waals surface area contributed by atoms with Crippen LogP contribution in [0.2, 0.25) is 0 Å². The zero-order chi connectivity index (χ0) is 12.8.